The third kappa shape index (κ3) is 5.50. The maximum atomic E-state index is 11.2. The Hall–Kier alpha value is -0.220. The number of ether oxygens (including phenoxy) is 1. The Morgan fingerprint density at radius 1 is 1.50 bits per heavy atom. The van der Waals surface area contributed by atoms with Gasteiger partial charge >= 0.3 is 5.97 Å². The summed E-state index contributed by atoms with van der Waals surface area (Å²) in [6, 6.07) is 0.467. The predicted octanol–water partition coefficient (Wildman–Crippen LogP) is 1.62. The Morgan fingerprint density at radius 3 is 2.57 bits per heavy atom. The quantitative estimate of drug-likeness (QED) is 0.609. The highest BCUT2D eigenvalue weighted by molar-refractivity contribution is 7.98. The van der Waals surface area contributed by atoms with Crippen molar-refractivity contribution >= 4 is 17.7 Å². The second kappa shape index (κ2) is 8.12. The number of rotatable bonds is 7. The van der Waals surface area contributed by atoms with Crippen LogP contribution in [-0.4, -0.2) is 49.1 Å². The van der Waals surface area contributed by atoms with Gasteiger partial charge in [-0.1, -0.05) is 6.92 Å². The minimum absolute atomic E-state index is 0.130. The molecule has 0 N–H and O–H groups in total. The molecule has 0 aliphatic carbocycles. The van der Waals surface area contributed by atoms with Crippen molar-refractivity contribution in [2.24, 2.45) is 0 Å². The average Bonchev–Trinajstić information content (AvgIpc) is 2.14. The Kier molecular flexibility index (Phi) is 7.99. The molecular weight excluding hydrogens is 198 g/mol. The highest BCUT2D eigenvalue weighted by Gasteiger charge is 2.15. The van der Waals surface area contributed by atoms with E-state index >= 15 is 0 Å². The van der Waals surface area contributed by atoms with Crippen molar-refractivity contribution in [2.45, 2.75) is 26.3 Å². The first-order chi connectivity index (χ1) is 6.65. The first-order valence-electron chi connectivity index (χ1n) is 5.00. The molecule has 0 heterocycles. The summed E-state index contributed by atoms with van der Waals surface area (Å²) in [6.45, 7) is 4.83. The zero-order valence-corrected chi connectivity index (χ0v) is 10.4. The molecule has 0 saturated heterocycles. The van der Waals surface area contributed by atoms with Crippen molar-refractivity contribution in [3.63, 3.8) is 0 Å². The highest BCUT2D eigenvalue weighted by Crippen LogP contribution is 2.07. The monoisotopic (exact) mass is 219 g/mol. The molecule has 1 atom stereocenters. The van der Waals surface area contributed by atoms with Gasteiger partial charge in [0.1, 0.15) is 0 Å². The van der Waals surface area contributed by atoms with Gasteiger partial charge in [0.05, 0.1) is 13.2 Å². The van der Waals surface area contributed by atoms with E-state index in [-0.39, 0.29) is 5.97 Å². The van der Waals surface area contributed by atoms with Crippen molar-refractivity contribution in [3.8, 4) is 0 Å². The number of likely N-dealkylation sites (N-methyl/N-ethyl adjacent to an activating group) is 1. The second-order valence-corrected chi connectivity index (χ2v) is 4.15. The van der Waals surface area contributed by atoms with Crippen LogP contribution in [0, 0.1) is 0 Å². The largest absolute Gasteiger partial charge is 0.465 e. The van der Waals surface area contributed by atoms with Gasteiger partial charge in [0.2, 0.25) is 0 Å². The summed E-state index contributed by atoms with van der Waals surface area (Å²) in [4.78, 5) is 13.3. The lowest BCUT2D eigenvalue weighted by Gasteiger charge is -2.25. The SMILES string of the molecule is CCOC(=O)CN(C)C(CC)CSC. The summed E-state index contributed by atoms with van der Waals surface area (Å²) in [5, 5.41) is 0. The van der Waals surface area contributed by atoms with Crippen LogP contribution < -0.4 is 0 Å². The Morgan fingerprint density at radius 2 is 2.14 bits per heavy atom. The summed E-state index contributed by atoms with van der Waals surface area (Å²) in [6.07, 6.45) is 3.15. The van der Waals surface area contributed by atoms with Gasteiger partial charge in [-0.15, -0.1) is 0 Å². The summed E-state index contributed by atoms with van der Waals surface area (Å²) in [5.41, 5.74) is 0. The zero-order chi connectivity index (χ0) is 11.0. The maximum Gasteiger partial charge on any atom is 0.320 e. The zero-order valence-electron chi connectivity index (χ0n) is 9.58. The maximum absolute atomic E-state index is 11.2. The van der Waals surface area contributed by atoms with Crippen molar-refractivity contribution < 1.29 is 9.53 Å². The smallest absolute Gasteiger partial charge is 0.320 e. The minimum Gasteiger partial charge on any atom is -0.465 e. The number of hydrogen-bond acceptors (Lipinski definition) is 4. The Bertz CT molecular complexity index is 164. The normalized spacial score (nSPS) is 12.9. The van der Waals surface area contributed by atoms with Gasteiger partial charge in [-0.25, -0.2) is 0 Å². The van der Waals surface area contributed by atoms with E-state index in [1.165, 1.54) is 0 Å². The molecule has 84 valence electrons. The fourth-order valence-electron chi connectivity index (χ4n) is 1.29. The van der Waals surface area contributed by atoms with Crippen LogP contribution in [0.25, 0.3) is 0 Å². The molecule has 0 aromatic carbocycles. The van der Waals surface area contributed by atoms with Gasteiger partial charge in [-0.3, -0.25) is 9.69 Å². The Balaban J connectivity index is 3.89. The van der Waals surface area contributed by atoms with Crippen LogP contribution in [0.1, 0.15) is 20.3 Å². The van der Waals surface area contributed by atoms with Crippen molar-refractivity contribution in [2.75, 3.05) is 32.2 Å². The molecule has 0 spiro atoms. The molecule has 0 radical (unpaired) electrons. The highest BCUT2D eigenvalue weighted by atomic mass is 32.2. The van der Waals surface area contributed by atoms with Gasteiger partial charge in [-0.05, 0) is 26.6 Å². The lowest BCUT2D eigenvalue weighted by molar-refractivity contribution is -0.144. The molecule has 0 aromatic heterocycles. The predicted molar refractivity (Wildman–Crippen MR) is 61.7 cm³/mol. The topological polar surface area (TPSA) is 29.5 Å². The number of thioether (sulfide) groups is 1. The van der Waals surface area contributed by atoms with E-state index in [1.54, 1.807) is 0 Å². The van der Waals surface area contributed by atoms with Crippen LogP contribution in [0.2, 0.25) is 0 Å². The van der Waals surface area contributed by atoms with Gasteiger partial charge in [-0.2, -0.15) is 11.8 Å². The van der Waals surface area contributed by atoms with Crippen molar-refractivity contribution in [1.29, 1.82) is 0 Å². The number of hydrogen-bond donors (Lipinski definition) is 0. The third-order valence-corrected chi connectivity index (χ3v) is 2.86. The van der Waals surface area contributed by atoms with Gasteiger partial charge in [0.25, 0.3) is 0 Å². The first-order valence-corrected chi connectivity index (χ1v) is 6.39. The third-order valence-electron chi connectivity index (χ3n) is 2.14. The van der Waals surface area contributed by atoms with E-state index in [9.17, 15) is 4.79 Å². The van der Waals surface area contributed by atoms with Crippen LogP contribution in [0.4, 0.5) is 0 Å². The lowest BCUT2D eigenvalue weighted by Crippen LogP contribution is -2.37. The first kappa shape index (κ1) is 13.8. The second-order valence-electron chi connectivity index (χ2n) is 3.24. The van der Waals surface area contributed by atoms with Gasteiger partial charge in [0.15, 0.2) is 0 Å². The van der Waals surface area contributed by atoms with Crippen LogP contribution in [-0.2, 0) is 9.53 Å². The molecule has 0 amide bonds. The van der Waals surface area contributed by atoms with E-state index in [1.807, 2.05) is 25.7 Å². The summed E-state index contributed by atoms with van der Waals surface area (Å²) >= 11 is 1.81. The molecule has 14 heavy (non-hydrogen) atoms. The molecule has 3 nitrogen and oxygen atoms in total. The summed E-state index contributed by atoms with van der Waals surface area (Å²) in [7, 11) is 1.97. The number of carbonyl (C=O) groups is 1. The van der Waals surface area contributed by atoms with E-state index in [0.29, 0.717) is 19.2 Å². The molecule has 0 aliphatic rings. The molecule has 0 aromatic rings. The molecule has 1 unspecified atom stereocenters. The molecule has 0 fully saturated rings. The molecule has 0 saturated carbocycles. The van der Waals surface area contributed by atoms with Crippen LogP contribution >= 0.6 is 11.8 Å². The fraction of sp³-hybridized carbons (Fsp3) is 0.900. The minimum atomic E-state index is -0.130. The van der Waals surface area contributed by atoms with Gasteiger partial charge < -0.3 is 4.74 Å². The van der Waals surface area contributed by atoms with E-state index in [0.717, 1.165) is 12.2 Å². The van der Waals surface area contributed by atoms with Crippen LogP contribution in [0.3, 0.4) is 0 Å². The Labute approximate surface area is 91.2 Å². The van der Waals surface area contributed by atoms with Crippen molar-refractivity contribution in [1.82, 2.24) is 4.90 Å². The molecule has 0 bridgehead atoms. The standard InChI is InChI=1S/C10H21NO2S/c1-5-9(8-14-4)11(3)7-10(12)13-6-2/h9H,5-8H2,1-4H3. The summed E-state index contributed by atoms with van der Waals surface area (Å²) < 4.78 is 4.90. The molecule has 0 aliphatic heterocycles. The number of nitrogens with zero attached hydrogens (tertiary/aromatic N) is 1. The molecule has 4 heteroatoms. The van der Waals surface area contributed by atoms with Gasteiger partial charge in [0, 0.05) is 11.8 Å². The summed E-state index contributed by atoms with van der Waals surface area (Å²) in [5.74, 6) is 0.932. The van der Waals surface area contributed by atoms with E-state index < -0.39 is 0 Å². The fourth-order valence-corrected chi connectivity index (χ4v) is 2.16. The van der Waals surface area contributed by atoms with Crippen LogP contribution in [0.5, 0.6) is 0 Å². The number of carbonyl (C=O) groups excluding carboxylic acids is 1. The van der Waals surface area contributed by atoms with E-state index in [2.05, 4.69) is 18.1 Å². The van der Waals surface area contributed by atoms with Crippen molar-refractivity contribution in [3.05, 3.63) is 0 Å². The lowest BCUT2D eigenvalue weighted by atomic mass is 10.2. The number of esters is 1. The molecular formula is C10H21NO2S. The van der Waals surface area contributed by atoms with E-state index in [4.69, 9.17) is 4.74 Å². The van der Waals surface area contributed by atoms with Crippen LogP contribution in [0.15, 0.2) is 0 Å². The molecule has 0 rings (SSSR count). The average molecular weight is 219 g/mol.